The molecule has 0 aromatic carbocycles. The van der Waals surface area contributed by atoms with E-state index in [0.29, 0.717) is 0 Å². The second-order valence-electron chi connectivity index (χ2n) is 8.81. The lowest BCUT2D eigenvalue weighted by molar-refractivity contribution is -0.143. The van der Waals surface area contributed by atoms with Crippen LogP contribution in [0.15, 0.2) is 4.99 Å². The third-order valence-electron chi connectivity index (χ3n) is 4.94. The monoisotopic (exact) mass is 530 g/mol. The number of amides is 4. The van der Waals surface area contributed by atoms with E-state index in [1.807, 2.05) is 0 Å². The van der Waals surface area contributed by atoms with Gasteiger partial charge in [0.1, 0.15) is 18.1 Å². The number of carboxylic acid groups (broad SMARTS) is 2. The summed E-state index contributed by atoms with van der Waals surface area (Å²) >= 11 is 0. The van der Waals surface area contributed by atoms with E-state index in [0.717, 1.165) is 0 Å². The second kappa shape index (κ2) is 16.7. The molecular formula is C21H38N8O8. The van der Waals surface area contributed by atoms with Crippen LogP contribution in [0.2, 0.25) is 0 Å². The SMILES string of the molecule is CC(C)CC(NC(=O)C(CCCN=C(N)N)NC(=O)C(CC(N)=O)NC(=O)C(N)CCC(=O)O)C(=O)O. The van der Waals surface area contributed by atoms with E-state index in [-0.39, 0.29) is 44.1 Å². The molecule has 210 valence electrons. The van der Waals surface area contributed by atoms with Crippen molar-refractivity contribution in [2.75, 3.05) is 6.54 Å². The van der Waals surface area contributed by atoms with Crippen LogP contribution in [0.3, 0.4) is 0 Å². The zero-order valence-electron chi connectivity index (χ0n) is 20.9. The minimum Gasteiger partial charge on any atom is -0.481 e. The standard InChI is InChI=1S/C21H38N8O8/c1-10(2)8-14(20(36)37)29-18(34)12(4-3-7-26-21(24)25)27-19(35)13(9-15(23)30)28-17(33)11(22)5-6-16(31)32/h10-14H,3-9,22H2,1-2H3,(H2,23,30)(H,27,35)(H,28,33)(H,29,34)(H,31,32)(H,36,37)(H4,24,25,26). The van der Waals surface area contributed by atoms with Crippen molar-refractivity contribution < 1.29 is 39.0 Å². The van der Waals surface area contributed by atoms with Crippen molar-refractivity contribution in [3.8, 4) is 0 Å². The molecule has 0 aromatic rings. The topological polar surface area (TPSA) is 295 Å². The van der Waals surface area contributed by atoms with Gasteiger partial charge < -0.3 is 49.1 Å². The minimum absolute atomic E-state index is 0.0161. The normalized spacial score (nSPS) is 13.9. The number of carbonyl (C=O) groups is 6. The number of aliphatic imine (C=N–C) groups is 1. The van der Waals surface area contributed by atoms with Gasteiger partial charge in [0.2, 0.25) is 23.6 Å². The summed E-state index contributed by atoms with van der Waals surface area (Å²) in [7, 11) is 0. The van der Waals surface area contributed by atoms with Gasteiger partial charge in [-0.3, -0.25) is 29.0 Å². The average molecular weight is 531 g/mol. The molecule has 0 aromatic heterocycles. The van der Waals surface area contributed by atoms with Gasteiger partial charge in [-0.1, -0.05) is 13.8 Å². The van der Waals surface area contributed by atoms with Gasteiger partial charge in [-0.25, -0.2) is 4.79 Å². The summed E-state index contributed by atoms with van der Waals surface area (Å²) in [5.74, 6) is -6.31. The largest absolute Gasteiger partial charge is 0.481 e. The molecule has 4 unspecified atom stereocenters. The second-order valence-corrected chi connectivity index (χ2v) is 8.81. The molecule has 0 aliphatic rings. The highest BCUT2D eigenvalue weighted by molar-refractivity contribution is 5.96. The van der Waals surface area contributed by atoms with Crippen LogP contribution in [-0.2, 0) is 28.8 Å². The number of nitrogens with one attached hydrogen (secondary N) is 3. The van der Waals surface area contributed by atoms with E-state index in [1.54, 1.807) is 13.8 Å². The van der Waals surface area contributed by atoms with Crippen molar-refractivity contribution in [3.63, 3.8) is 0 Å². The van der Waals surface area contributed by atoms with E-state index in [2.05, 4.69) is 20.9 Å². The molecule has 16 heteroatoms. The van der Waals surface area contributed by atoms with E-state index in [9.17, 15) is 33.9 Å². The molecule has 0 aliphatic carbocycles. The third-order valence-corrected chi connectivity index (χ3v) is 4.94. The smallest absolute Gasteiger partial charge is 0.326 e. The van der Waals surface area contributed by atoms with Crippen molar-refractivity contribution >= 4 is 41.5 Å². The summed E-state index contributed by atoms with van der Waals surface area (Å²) in [6, 6.07) is -5.31. The number of nitrogens with zero attached hydrogens (tertiary/aromatic N) is 1. The summed E-state index contributed by atoms with van der Waals surface area (Å²) in [6.45, 7) is 3.65. The third kappa shape index (κ3) is 14.9. The molecule has 0 rings (SSSR count). The van der Waals surface area contributed by atoms with Gasteiger partial charge >= 0.3 is 11.9 Å². The molecule has 0 heterocycles. The number of carboxylic acids is 2. The van der Waals surface area contributed by atoms with Crippen molar-refractivity contribution in [2.24, 2.45) is 33.8 Å². The van der Waals surface area contributed by atoms with Crippen molar-refractivity contribution in [1.29, 1.82) is 0 Å². The first-order valence-electron chi connectivity index (χ1n) is 11.6. The molecule has 0 radical (unpaired) electrons. The average Bonchev–Trinajstić information content (AvgIpc) is 2.77. The fourth-order valence-corrected chi connectivity index (χ4v) is 3.11. The number of hydrogen-bond acceptors (Lipinski definition) is 8. The molecular weight excluding hydrogens is 492 g/mol. The quantitative estimate of drug-likeness (QED) is 0.0480. The number of nitrogens with two attached hydrogens (primary N) is 4. The molecule has 37 heavy (non-hydrogen) atoms. The summed E-state index contributed by atoms with van der Waals surface area (Å²) in [4.78, 5) is 75.7. The zero-order chi connectivity index (χ0) is 28.7. The number of carbonyl (C=O) groups excluding carboxylic acids is 4. The molecule has 0 aliphatic heterocycles. The lowest BCUT2D eigenvalue weighted by atomic mass is 10.0. The van der Waals surface area contributed by atoms with Gasteiger partial charge in [-0.05, 0) is 31.6 Å². The van der Waals surface area contributed by atoms with Crippen LogP contribution in [0.25, 0.3) is 0 Å². The van der Waals surface area contributed by atoms with Crippen molar-refractivity contribution in [1.82, 2.24) is 16.0 Å². The molecule has 0 spiro atoms. The minimum atomic E-state index is -1.53. The predicted molar refractivity (Wildman–Crippen MR) is 131 cm³/mol. The Labute approximate surface area is 214 Å². The highest BCUT2D eigenvalue weighted by Gasteiger charge is 2.31. The van der Waals surface area contributed by atoms with Gasteiger partial charge in [0.15, 0.2) is 5.96 Å². The van der Waals surface area contributed by atoms with Crippen LogP contribution in [0.5, 0.6) is 0 Å². The Hall–Kier alpha value is -3.95. The maximum atomic E-state index is 12.9. The van der Waals surface area contributed by atoms with Crippen molar-refractivity contribution in [3.05, 3.63) is 0 Å². The molecule has 4 atom stereocenters. The van der Waals surface area contributed by atoms with Gasteiger partial charge in [0.25, 0.3) is 0 Å². The lowest BCUT2D eigenvalue weighted by Gasteiger charge is -2.25. The Kier molecular flexibility index (Phi) is 14.9. The number of aliphatic carboxylic acids is 2. The van der Waals surface area contributed by atoms with Gasteiger partial charge in [0.05, 0.1) is 12.5 Å². The maximum Gasteiger partial charge on any atom is 0.326 e. The van der Waals surface area contributed by atoms with E-state index >= 15 is 0 Å². The predicted octanol–water partition coefficient (Wildman–Crippen LogP) is -3.31. The molecule has 0 saturated heterocycles. The Balaban J connectivity index is 5.65. The Morgan fingerprint density at radius 1 is 0.811 bits per heavy atom. The van der Waals surface area contributed by atoms with Gasteiger partial charge in [-0.2, -0.15) is 0 Å². The lowest BCUT2D eigenvalue weighted by Crippen LogP contribution is -2.57. The first-order valence-corrected chi connectivity index (χ1v) is 11.6. The Morgan fingerprint density at radius 3 is 1.84 bits per heavy atom. The van der Waals surface area contributed by atoms with E-state index in [1.165, 1.54) is 0 Å². The van der Waals surface area contributed by atoms with Gasteiger partial charge in [0, 0.05) is 13.0 Å². The summed E-state index contributed by atoms with van der Waals surface area (Å²) in [6.07, 6.45) is -0.946. The number of hydrogen-bond donors (Lipinski definition) is 9. The number of guanidine groups is 1. The number of rotatable bonds is 18. The van der Waals surface area contributed by atoms with Gasteiger partial charge in [-0.15, -0.1) is 0 Å². The van der Waals surface area contributed by atoms with Crippen LogP contribution in [0.4, 0.5) is 0 Å². The zero-order valence-corrected chi connectivity index (χ0v) is 20.9. The molecule has 16 nitrogen and oxygen atoms in total. The van der Waals surface area contributed by atoms with E-state index < -0.39 is 72.6 Å². The molecule has 0 fully saturated rings. The van der Waals surface area contributed by atoms with Crippen LogP contribution >= 0.6 is 0 Å². The van der Waals surface area contributed by atoms with Crippen molar-refractivity contribution in [2.45, 2.75) is 76.5 Å². The van der Waals surface area contributed by atoms with Crippen LogP contribution in [0.1, 0.15) is 52.4 Å². The fraction of sp³-hybridized carbons (Fsp3) is 0.667. The highest BCUT2D eigenvalue weighted by Crippen LogP contribution is 2.08. The van der Waals surface area contributed by atoms with Crippen LogP contribution in [-0.4, -0.2) is 82.5 Å². The van der Waals surface area contributed by atoms with E-state index in [4.69, 9.17) is 28.0 Å². The van der Waals surface area contributed by atoms with Crippen LogP contribution < -0.4 is 38.9 Å². The highest BCUT2D eigenvalue weighted by atomic mass is 16.4. The molecule has 0 saturated carbocycles. The van der Waals surface area contributed by atoms with Crippen LogP contribution in [0, 0.1) is 5.92 Å². The first kappa shape index (κ1) is 33.0. The molecule has 13 N–H and O–H groups in total. The summed E-state index contributed by atoms with van der Waals surface area (Å²) in [5.41, 5.74) is 21.4. The summed E-state index contributed by atoms with van der Waals surface area (Å²) < 4.78 is 0. The number of primary amides is 1. The Morgan fingerprint density at radius 2 is 1.35 bits per heavy atom. The maximum absolute atomic E-state index is 12.9. The molecule has 4 amide bonds. The molecule has 0 bridgehead atoms. The summed E-state index contributed by atoms with van der Waals surface area (Å²) in [5, 5.41) is 25.2. The Bertz CT molecular complexity index is 859. The fourth-order valence-electron chi connectivity index (χ4n) is 3.11. The first-order chi connectivity index (χ1) is 17.1.